The minimum atomic E-state index is -1.17. The van der Waals surface area contributed by atoms with Crippen molar-refractivity contribution >= 4 is 11.8 Å². The van der Waals surface area contributed by atoms with Gasteiger partial charge >= 0.3 is 5.97 Å². The first-order valence-corrected chi connectivity index (χ1v) is 5.38. The van der Waals surface area contributed by atoms with Crippen molar-refractivity contribution in [3.8, 4) is 22.8 Å². The lowest BCUT2D eigenvalue weighted by Crippen LogP contribution is -2.03. The van der Waals surface area contributed by atoms with Gasteiger partial charge < -0.3 is 20.3 Å². The van der Waals surface area contributed by atoms with Crippen LogP contribution >= 0.6 is 0 Å². The third-order valence-electron chi connectivity index (χ3n) is 2.69. The summed E-state index contributed by atoms with van der Waals surface area (Å²) in [5, 5.41) is 15.5. The highest BCUT2D eigenvalue weighted by atomic mass is 16.5. The molecule has 0 aliphatic rings. The monoisotopic (exact) mass is 263 g/mol. The molecule has 1 aromatic heterocycles. The molecule has 0 fully saturated rings. The molecule has 0 atom stereocenters. The number of carbonyl (C=O) groups is 1. The Morgan fingerprint density at radius 3 is 2.37 bits per heavy atom. The van der Waals surface area contributed by atoms with Crippen molar-refractivity contribution in [2.45, 2.75) is 0 Å². The molecule has 0 aliphatic carbocycles. The van der Waals surface area contributed by atoms with E-state index < -0.39 is 5.97 Å². The Morgan fingerprint density at radius 2 is 1.89 bits per heavy atom. The van der Waals surface area contributed by atoms with Gasteiger partial charge in [-0.15, -0.1) is 0 Å². The number of rotatable bonds is 4. The predicted octanol–water partition coefficient (Wildman–Crippen LogP) is 1.37. The molecule has 0 unspecified atom stereocenters. The fraction of sp³-hybridized carbons (Fsp3) is 0.167. The summed E-state index contributed by atoms with van der Waals surface area (Å²) in [7, 11) is 2.97. The molecule has 0 saturated carbocycles. The number of carboxylic acids is 1. The van der Waals surface area contributed by atoms with Gasteiger partial charge in [-0.2, -0.15) is 5.10 Å². The molecule has 2 aromatic rings. The molecule has 1 aromatic carbocycles. The van der Waals surface area contributed by atoms with Crippen LogP contribution in [0.25, 0.3) is 11.3 Å². The van der Waals surface area contributed by atoms with Gasteiger partial charge in [0.15, 0.2) is 5.82 Å². The van der Waals surface area contributed by atoms with Gasteiger partial charge in [-0.3, -0.25) is 5.10 Å². The molecule has 0 saturated heterocycles. The predicted molar refractivity (Wildman–Crippen MR) is 68.5 cm³/mol. The Kier molecular flexibility index (Phi) is 3.28. The van der Waals surface area contributed by atoms with Crippen molar-refractivity contribution in [1.82, 2.24) is 10.2 Å². The number of aromatic carboxylic acids is 1. The van der Waals surface area contributed by atoms with Crippen molar-refractivity contribution in [3.63, 3.8) is 0 Å². The van der Waals surface area contributed by atoms with E-state index in [1.807, 2.05) is 0 Å². The molecule has 7 heteroatoms. The molecular formula is C12H13N3O4. The maximum atomic E-state index is 11.3. The highest BCUT2D eigenvalue weighted by Gasteiger charge is 2.24. The van der Waals surface area contributed by atoms with Gasteiger partial charge in [0, 0.05) is 0 Å². The van der Waals surface area contributed by atoms with E-state index >= 15 is 0 Å². The maximum absolute atomic E-state index is 11.3. The Bertz CT molecular complexity index is 599. The Labute approximate surface area is 109 Å². The summed E-state index contributed by atoms with van der Waals surface area (Å²) in [6.07, 6.45) is 0. The van der Waals surface area contributed by atoms with Crippen LogP contribution in [0.1, 0.15) is 10.4 Å². The van der Waals surface area contributed by atoms with Crippen molar-refractivity contribution < 1.29 is 19.4 Å². The zero-order valence-corrected chi connectivity index (χ0v) is 10.4. The second-order valence-corrected chi connectivity index (χ2v) is 3.70. The zero-order chi connectivity index (χ0) is 14.0. The molecule has 100 valence electrons. The van der Waals surface area contributed by atoms with Crippen LogP contribution in [0.15, 0.2) is 18.2 Å². The first-order valence-electron chi connectivity index (χ1n) is 5.38. The Hall–Kier alpha value is -2.70. The zero-order valence-electron chi connectivity index (χ0n) is 10.4. The Balaban J connectivity index is 2.74. The van der Waals surface area contributed by atoms with Crippen LogP contribution < -0.4 is 15.2 Å². The third kappa shape index (κ3) is 2.05. The smallest absolute Gasteiger partial charge is 0.341 e. The summed E-state index contributed by atoms with van der Waals surface area (Å²) < 4.78 is 10.4. The first-order chi connectivity index (χ1) is 9.10. The standard InChI is InChI=1S/C12H13N3O4/c1-18-6-4-3-5-7(19-2)8(6)10-9(12(16)17)11(13)15-14-10/h3-5H,1-2H3,(H,16,17)(H3,13,14,15). The molecule has 2 rings (SSSR count). The van der Waals surface area contributed by atoms with E-state index in [0.717, 1.165) is 0 Å². The van der Waals surface area contributed by atoms with Gasteiger partial charge in [0.25, 0.3) is 0 Å². The van der Waals surface area contributed by atoms with E-state index in [4.69, 9.17) is 15.2 Å². The number of hydrogen-bond acceptors (Lipinski definition) is 5. The number of aromatic nitrogens is 2. The van der Waals surface area contributed by atoms with E-state index in [1.54, 1.807) is 18.2 Å². The van der Waals surface area contributed by atoms with Crippen LogP contribution in [0.4, 0.5) is 5.82 Å². The number of nitrogens with two attached hydrogens (primary N) is 1. The molecule has 19 heavy (non-hydrogen) atoms. The van der Waals surface area contributed by atoms with Crippen molar-refractivity contribution in [1.29, 1.82) is 0 Å². The molecule has 4 N–H and O–H groups in total. The second kappa shape index (κ2) is 4.89. The van der Waals surface area contributed by atoms with E-state index in [0.29, 0.717) is 17.1 Å². The SMILES string of the molecule is COc1cccc(OC)c1-c1[nH]nc(N)c1C(=O)O. The van der Waals surface area contributed by atoms with Crippen LogP contribution in [0.5, 0.6) is 11.5 Å². The second-order valence-electron chi connectivity index (χ2n) is 3.70. The highest BCUT2D eigenvalue weighted by Crippen LogP contribution is 2.39. The van der Waals surface area contributed by atoms with Crippen LogP contribution in [0.3, 0.4) is 0 Å². The van der Waals surface area contributed by atoms with Gasteiger partial charge in [0.1, 0.15) is 17.1 Å². The molecule has 0 spiro atoms. The average molecular weight is 263 g/mol. The van der Waals surface area contributed by atoms with Crippen LogP contribution in [0, 0.1) is 0 Å². The van der Waals surface area contributed by atoms with E-state index in [-0.39, 0.29) is 17.1 Å². The summed E-state index contributed by atoms with van der Waals surface area (Å²) in [6.45, 7) is 0. The Morgan fingerprint density at radius 1 is 1.32 bits per heavy atom. The number of nitrogen functional groups attached to an aromatic ring is 1. The lowest BCUT2D eigenvalue weighted by Gasteiger charge is -2.12. The maximum Gasteiger partial charge on any atom is 0.341 e. The number of anilines is 1. The molecule has 7 nitrogen and oxygen atoms in total. The third-order valence-corrected chi connectivity index (χ3v) is 2.69. The van der Waals surface area contributed by atoms with E-state index in [1.165, 1.54) is 14.2 Å². The number of H-pyrrole nitrogens is 1. The van der Waals surface area contributed by atoms with Crippen molar-refractivity contribution in [3.05, 3.63) is 23.8 Å². The van der Waals surface area contributed by atoms with Gasteiger partial charge in [-0.1, -0.05) is 6.07 Å². The lowest BCUT2D eigenvalue weighted by atomic mass is 10.1. The number of hydrogen-bond donors (Lipinski definition) is 3. The topological polar surface area (TPSA) is 110 Å². The summed E-state index contributed by atoms with van der Waals surface area (Å²) in [5.74, 6) is -0.333. The first kappa shape index (κ1) is 12.7. The molecule has 0 amide bonds. The number of aromatic amines is 1. The minimum Gasteiger partial charge on any atom is -0.496 e. The molecule has 0 bridgehead atoms. The highest BCUT2D eigenvalue weighted by molar-refractivity contribution is 6.01. The summed E-state index contributed by atoms with van der Waals surface area (Å²) in [4.78, 5) is 11.3. The van der Waals surface area contributed by atoms with Crippen molar-refractivity contribution in [2.24, 2.45) is 0 Å². The van der Waals surface area contributed by atoms with E-state index in [9.17, 15) is 9.90 Å². The molecule has 1 heterocycles. The van der Waals surface area contributed by atoms with Crippen LogP contribution in [-0.2, 0) is 0 Å². The summed E-state index contributed by atoms with van der Waals surface area (Å²) >= 11 is 0. The largest absolute Gasteiger partial charge is 0.496 e. The van der Waals surface area contributed by atoms with Crippen LogP contribution in [0.2, 0.25) is 0 Å². The summed E-state index contributed by atoms with van der Waals surface area (Å²) in [5.41, 5.74) is 6.17. The van der Waals surface area contributed by atoms with Crippen LogP contribution in [-0.4, -0.2) is 35.5 Å². The van der Waals surface area contributed by atoms with Gasteiger partial charge in [-0.05, 0) is 12.1 Å². The number of nitrogens with one attached hydrogen (secondary N) is 1. The summed E-state index contributed by atoms with van der Waals surface area (Å²) in [6, 6.07) is 5.13. The van der Waals surface area contributed by atoms with Gasteiger partial charge in [0.05, 0.1) is 25.5 Å². The quantitative estimate of drug-likeness (QED) is 0.768. The number of benzene rings is 1. The fourth-order valence-corrected chi connectivity index (χ4v) is 1.85. The minimum absolute atomic E-state index is 0.0875. The molecule has 0 aliphatic heterocycles. The number of methoxy groups -OCH3 is 2. The normalized spacial score (nSPS) is 10.2. The lowest BCUT2D eigenvalue weighted by molar-refractivity contribution is 0.0699. The number of carboxylic acid groups (broad SMARTS) is 1. The van der Waals surface area contributed by atoms with Crippen molar-refractivity contribution in [2.75, 3.05) is 20.0 Å². The number of ether oxygens (including phenoxy) is 2. The van der Waals surface area contributed by atoms with Gasteiger partial charge in [0.2, 0.25) is 0 Å². The number of nitrogens with zero attached hydrogens (tertiary/aromatic N) is 1. The molecule has 0 radical (unpaired) electrons. The average Bonchev–Trinajstić information content (AvgIpc) is 2.79. The van der Waals surface area contributed by atoms with E-state index in [2.05, 4.69) is 10.2 Å². The fourth-order valence-electron chi connectivity index (χ4n) is 1.85. The van der Waals surface area contributed by atoms with Gasteiger partial charge in [-0.25, -0.2) is 4.79 Å². The molecular weight excluding hydrogens is 250 g/mol.